The molecule has 1 rings (SSSR count). The van der Waals surface area contributed by atoms with E-state index in [1.165, 1.54) is 0 Å². The molecule has 1 aromatic rings. The molecule has 5 heteroatoms. The molecule has 1 aromatic carbocycles. The molecule has 104 valence electrons. The molecule has 0 fully saturated rings. The van der Waals surface area contributed by atoms with E-state index in [1.54, 1.807) is 14.0 Å². The van der Waals surface area contributed by atoms with E-state index in [9.17, 15) is 9.59 Å². The van der Waals surface area contributed by atoms with E-state index in [4.69, 9.17) is 4.74 Å². The molecule has 19 heavy (non-hydrogen) atoms. The fourth-order valence-electron chi connectivity index (χ4n) is 1.63. The summed E-state index contributed by atoms with van der Waals surface area (Å²) in [5.41, 5.74) is 1.97. The zero-order chi connectivity index (χ0) is 14.3. The summed E-state index contributed by atoms with van der Waals surface area (Å²) in [6.07, 6.45) is 0.892. The lowest BCUT2D eigenvalue weighted by atomic mass is 10.1. The first-order valence-corrected chi connectivity index (χ1v) is 6.23. The second-order valence-corrected chi connectivity index (χ2v) is 3.90. The Kier molecular flexibility index (Phi) is 5.85. The lowest BCUT2D eigenvalue weighted by Gasteiger charge is -2.11. The quantitative estimate of drug-likeness (QED) is 0.646. The molecule has 0 atom stereocenters. The average molecular weight is 265 g/mol. The number of carbonyl (C=O) groups excluding carboxylic acids is 2. The van der Waals surface area contributed by atoms with Crippen molar-refractivity contribution in [1.29, 1.82) is 0 Å². The highest BCUT2D eigenvalue weighted by atomic mass is 16.5. The molecule has 0 aliphatic carbocycles. The molecule has 0 aliphatic rings. The minimum absolute atomic E-state index is 0.181. The van der Waals surface area contributed by atoms with Crippen molar-refractivity contribution in [3.8, 4) is 5.75 Å². The number of carbonyl (C=O) groups is 2. The monoisotopic (exact) mass is 265 g/mol. The molecule has 0 heterocycles. The fraction of sp³-hybridized carbons (Fsp3) is 0.429. The van der Waals surface area contributed by atoms with Crippen LogP contribution in [0, 0.1) is 0 Å². The highest BCUT2D eigenvalue weighted by Gasteiger charge is 2.14. The Hall–Kier alpha value is -2.04. The Morgan fingerprint density at radius 3 is 2.58 bits per heavy atom. The Morgan fingerprint density at radius 1 is 1.26 bits per heavy atom. The summed E-state index contributed by atoms with van der Waals surface area (Å²) in [6, 6.07) is 5.77. The van der Waals surface area contributed by atoms with E-state index in [1.807, 2.05) is 25.1 Å². The maximum Gasteiger partial charge on any atom is 0.396 e. The van der Waals surface area contributed by atoms with Gasteiger partial charge >= 0.3 is 11.9 Å². The van der Waals surface area contributed by atoms with Gasteiger partial charge in [0, 0.05) is 12.1 Å². The van der Waals surface area contributed by atoms with Gasteiger partial charge in [0.05, 0.1) is 13.7 Å². The van der Waals surface area contributed by atoms with E-state index >= 15 is 0 Å². The summed E-state index contributed by atoms with van der Waals surface area (Å²) < 4.78 is 9.83. The first-order chi connectivity index (χ1) is 9.12. The van der Waals surface area contributed by atoms with Crippen molar-refractivity contribution in [3.63, 3.8) is 0 Å². The summed E-state index contributed by atoms with van der Waals surface area (Å²) >= 11 is 0. The van der Waals surface area contributed by atoms with Crippen LogP contribution in [0.25, 0.3) is 0 Å². The minimum atomic E-state index is -0.867. The number of hydrogen-bond donors (Lipinski definition) is 1. The Labute approximate surface area is 112 Å². The number of rotatable bonds is 5. The topological polar surface area (TPSA) is 64.6 Å². The highest BCUT2D eigenvalue weighted by Crippen LogP contribution is 2.20. The molecule has 0 saturated heterocycles. The number of aryl methyl sites for hydroxylation is 1. The third-order valence-corrected chi connectivity index (χ3v) is 2.65. The van der Waals surface area contributed by atoms with Crippen LogP contribution in [0.5, 0.6) is 5.75 Å². The third kappa shape index (κ3) is 4.28. The largest absolute Gasteiger partial charge is 0.496 e. The van der Waals surface area contributed by atoms with Gasteiger partial charge in [-0.15, -0.1) is 0 Å². The molecule has 0 radical (unpaired) electrons. The van der Waals surface area contributed by atoms with Gasteiger partial charge in [-0.2, -0.15) is 0 Å². The lowest BCUT2D eigenvalue weighted by molar-refractivity contribution is -0.154. The molecular formula is C14H19NO4. The summed E-state index contributed by atoms with van der Waals surface area (Å²) in [7, 11) is 1.57. The highest BCUT2D eigenvalue weighted by molar-refractivity contribution is 6.32. The second-order valence-electron chi connectivity index (χ2n) is 3.90. The van der Waals surface area contributed by atoms with Crippen LogP contribution < -0.4 is 10.1 Å². The number of amides is 1. The van der Waals surface area contributed by atoms with Crippen LogP contribution in [0.4, 0.5) is 0 Å². The smallest absolute Gasteiger partial charge is 0.396 e. The van der Waals surface area contributed by atoms with Gasteiger partial charge < -0.3 is 14.8 Å². The van der Waals surface area contributed by atoms with E-state index in [2.05, 4.69) is 10.1 Å². The summed E-state index contributed by atoms with van der Waals surface area (Å²) in [6.45, 7) is 4.11. The molecular weight excluding hydrogens is 246 g/mol. The molecule has 0 unspecified atom stereocenters. The Bertz CT molecular complexity index is 457. The zero-order valence-electron chi connectivity index (χ0n) is 11.5. The number of ether oxygens (including phenoxy) is 2. The van der Waals surface area contributed by atoms with Gasteiger partial charge in [-0.25, -0.2) is 4.79 Å². The van der Waals surface area contributed by atoms with Gasteiger partial charge in [0.1, 0.15) is 5.75 Å². The lowest BCUT2D eigenvalue weighted by Crippen LogP contribution is -2.32. The maximum atomic E-state index is 11.4. The van der Waals surface area contributed by atoms with Crippen molar-refractivity contribution in [2.24, 2.45) is 0 Å². The van der Waals surface area contributed by atoms with Crippen molar-refractivity contribution >= 4 is 11.9 Å². The normalized spacial score (nSPS) is 9.84. The predicted molar refractivity (Wildman–Crippen MR) is 70.9 cm³/mol. The number of esters is 1. The molecule has 1 N–H and O–H groups in total. The van der Waals surface area contributed by atoms with Crippen molar-refractivity contribution < 1.29 is 19.1 Å². The molecule has 5 nitrogen and oxygen atoms in total. The Morgan fingerprint density at radius 2 is 2.00 bits per heavy atom. The predicted octanol–water partition coefficient (Wildman–Crippen LogP) is 1.44. The molecule has 0 bridgehead atoms. The van der Waals surface area contributed by atoms with Crippen LogP contribution >= 0.6 is 0 Å². The van der Waals surface area contributed by atoms with Crippen molar-refractivity contribution in [2.75, 3.05) is 13.7 Å². The molecule has 1 amide bonds. The van der Waals surface area contributed by atoms with Gasteiger partial charge in [0.15, 0.2) is 0 Å². The summed E-state index contributed by atoms with van der Waals surface area (Å²) in [5.74, 6) is -0.930. The van der Waals surface area contributed by atoms with Crippen LogP contribution in [0.2, 0.25) is 0 Å². The molecule has 0 spiro atoms. The molecule has 0 saturated carbocycles. The first-order valence-electron chi connectivity index (χ1n) is 6.23. The number of benzene rings is 1. The van der Waals surface area contributed by atoms with E-state index in [0.29, 0.717) is 5.75 Å². The van der Waals surface area contributed by atoms with E-state index in [-0.39, 0.29) is 13.2 Å². The van der Waals surface area contributed by atoms with Crippen LogP contribution in [-0.2, 0) is 27.3 Å². The fourth-order valence-corrected chi connectivity index (χ4v) is 1.63. The van der Waals surface area contributed by atoms with Crippen LogP contribution in [0.15, 0.2) is 18.2 Å². The standard InChI is InChI=1S/C14H19NO4/c1-4-10-6-7-12(18-3)11(8-10)9-15-13(16)14(17)19-5-2/h6-8H,4-5,9H2,1-3H3,(H,15,16). The third-order valence-electron chi connectivity index (χ3n) is 2.65. The summed E-state index contributed by atoms with van der Waals surface area (Å²) in [4.78, 5) is 22.6. The van der Waals surface area contributed by atoms with E-state index in [0.717, 1.165) is 17.5 Å². The maximum absolute atomic E-state index is 11.4. The van der Waals surface area contributed by atoms with Crippen LogP contribution in [0.3, 0.4) is 0 Å². The van der Waals surface area contributed by atoms with Crippen LogP contribution in [-0.4, -0.2) is 25.6 Å². The summed E-state index contributed by atoms with van der Waals surface area (Å²) in [5, 5.41) is 2.52. The number of hydrogen-bond acceptors (Lipinski definition) is 4. The molecule has 0 aromatic heterocycles. The first kappa shape index (κ1) is 15.0. The second kappa shape index (κ2) is 7.41. The SMILES string of the molecule is CCOC(=O)C(=O)NCc1cc(CC)ccc1OC. The van der Waals surface area contributed by atoms with Crippen molar-refractivity contribution in [3.05, 3.63) is 29.3 Å². The van der Waals surface area contributed by atoms with Gasteiger partial charge in [-0.1, -0.05) is 19.1 Å². The van der Waals surface area contributed by atoms with Gasteiger partial charge in [-0.3, -0.25) is 4.79 Å². The zero-order valence-corrected chi connectivity index (χ0v) is 11.5. The number of methoxy groups -OCH3 is 1. The minimum Gasteiger partial charge on any atom is -0.496 e. The van der Waals surface area contributed by atoms with Crippen LogP contribution in [0.1, 0.15) is 25.0 Å². The average Bonchev–Trinajstić information content (AvgIpc) is 2.44. The van der Waals surface area contributed by atoms with Gasteiger partial charge in [0.2, 0.25) is 0 Å². The van der Waals surface area contributed by atoms with Crippen molar-refractivity contribution in [2.45, 2.75) is 26.8 Å². The Balaban J connectivity index is 2.70. The number of nitrogens with one attached hydrogen (secondary N) is 1. The van der Waals surface area contributed by atoms with E-state index < -0.39 is 11.9 Å². The van der Waals surface area contributed by atoms with Gasteiger partial charge in [-0.05, 0) is 25.0 Å². The van der Waals surface area contributed by atoms with Crippen molar-refractivity contribution in [1.82, 2.24) is 5.32 Å². The molecule has 0 aliphatic heterocycles. The van der Waals surface area contributed by atoms with Gasteiger partial charge in [0.25, 0.3) is 0 Å².